The van der Waals surface area contributed by atoms with Crippen LogP contribution in [0.5, 0.6) is 5.75 Å². The Bertz CT molecular complexity index is 1000. The Morgan fingerprint density at radius 1 is 1.30 bits per heavy atom. The van der Waals surface area contributed by atoms with E-state index < -0.39 is 0 Å². The molecule has 7 nitrogen and oxygen atoms in total. The van der Waals surface area contributed by atoms with Crippen LogP contribution in [0.1, 0.15) is 24.7 Å². The van der Waals surface area contributed by atoms with Crippen LogP contribution in [0, 0.1) is 19.7 Å². The summed E-state index contributed by atoms with van der Waals surface area (Å²) >= 11 is 0. The van der Waals surface area contributed by atoms with Gasteiger partial charge in [-0.25, -0.2) is 9.07 Å². The molecule has 3 aromatic rings. The van der Waals surface area contributed by atoms with E-state index in [-0.39, 0.29) is 11.9 Å². The fraction of sp³-hybridized carbons (Fsp3) is 0.421. The van der Waals surface area contributed by atoms with Crippen molar-refractivity contribution in [2.45, 2.75) is 33.2 Å². The SMILES string of the molecule is CCOc1ccc(-n2nc3c(N4CCC(N)C4)nnc(C)c3c2C)c(F)c1. The highest BCUT2D eigenvalue weighted by Gasteiger charge is 2.26. The molecular weight excluding hydrogens is 347 g/mol. The molecule has 8 heteroatoms. The summed E-state index contributed by atoms with van der Waals surface area (Å²) in [4.78, 5) is 2.10. The van der Waals surface area contributed by atoms with Crippen molar-refractivity contribution in [1.82, 2.24) is 20.0 Å². The molecule has 27 heavy (non-hydrogen) atoms. The average molecular weight is 370 g/mol. The number of halogens is 1. The van der Waals surface area contributed by atoms with Crippen LogP contribution < -0.4 is 15.4 Å². The van der Waals surface area contributed by atoms with E-state index in [1.165, 1.54) is 6.07 Å². The maximum Gasteiger partial charge on any atom is 0.179 e. The molecule has 0 saturated carbocycles. The predicted octanol–water partition coefficient (Wildman–Crippen LogP) is 2.51. The predicted molar refractivity (Wildman–Crippen MR) is 102 cm³/mol. The first-order valence-electron chi connectivity index (χ1n) is 9.15. The molecule has 142 valence electrons. The van der Waals surface area contributed by atoms with E-state index in [9.17, 15) is 4.39 Å². The molecule has 0 radical (unpaired) electrons. The van der Waals surface area contributed by atoms with Gasteiger partial charge in [0.15, 0.2) is 11.6 Å². The van der Waals surface area contributed by atoms with Gasteiger partial charge in [-0.1, -0.05) is 0 Å². The molecule has 1 unspecified atom stereocenters. The molecule has 4 rings (SSSR count). The van der Waals surface area contributed by atoms with Crippen molar-refractivity contribution in [3.63, 3.8) is 0 Å². The highest BCUT2D eigenvalue weighted by Crippen LogP contribution is 2.31. The molecule has 3 heterocycles. The van der Waals surface area contributed by atoms with E-state index in [0.29, 0.717) is 23.9 Å². The van der Waals surface area contributed by atoms with Crippen molar-refractivity contribution in [3.8, 4) is 11.4 Å². The zero-order valence-corrected chi connectivity index (χ0v) is 15.7. The molecule has 1 aliphatic rings. The molecule has 2 aromatic heterocycles. The third kappa shape index (κ3) is 2.99. The third-order valence-corrected chi connectivity index (χ3v) is 4.97. The average Bonchev–Trinajstić information content (AvgIpc) is 3.20. The zero-order valence-electron chi connectivity index (χ0n) is 15.7. The second-order valence-electron chi connectivity index (χ2n) is 6.87. The van der Waals surface area contributed by atoms with Gasteiger partial charge in [0.1, 0.15) is 17.0 Å². The van der Waals surface area contributed by atoms with Gasteiger partial charge in [0, 0.05) is 25.2 Å². The summed E-state index contributed by atoms with van der Waals surface area (Å²) in [6.45, 7) is 7.70. The Morgan fingerprint density at radius 2 is 2.11 bits per heavy atom. The summed E-state index contributed by atoms with van der Waals surface area (Å²) < 4.78 is 21.7. The number of ether oxygens (including phenoxy) is 1. The van der Waals surface area contributed by atoms with Crippen molar-refractivity contribution < 1.29 is 9.13 Å². The first-order chi connectivity index (χ1) is 13.0. The van der Waals surface area contributed by atoms with Gasteiger partial charge in [0.2, 0.25) is 0 Å². The Labute approximate surface area is 156 Å². The number of hydrogen-bond donors (Lipinski definition) is 1. The van der Waals surface area contributed by atoms with Gasteiger partial charge in [-0.2, -0.15) is 10.2 Å². The maximum atomic E-state index is 14.7. The number of hydrogen-bond acceptors (Lipinski definition) is 6. The number of anilines is 1. The molecule has 0 aliphatic carbocycles. The molecule has 1 aromatic carbocycles. The Morgan fingerprint density at radius 3 is 2.78 bits per heavy atom. The Balaban J connectivity index is 1.86. The van der Waals surface area contributed by atoms with Gasteiger partial charge in [0.05, 0.1) is 23.4 Å². The first kappa shape index (κ1) is 17.7. The summed E-state index contributed by atoms with van der Waals surface area (Å²) in [5, 5.41) is 14.3. The van der Waals surface area contributed by atoms with E-state index >= 15 is 0 Å². The molecule has 0 spiro atoms. The molecule has 2 N–H and O–H groups in total. The van der Waals surface area contributed by atoms with Gasteiger partial charge in [0.25, 0.3) is 0 Å². The van der Waals surface area contributed by atoms with Gasteiger partial charge >= 0.3 is 0 Å². The van der Waals surface area contributed by atoms with Gasteiger partial charge in [-0.05, 0) is 39.3 Å². The summed E-state index contributed by atoms with van der Waals surface area (Å²) in [6, 6.07) is 4.93. The van der Waals surface area contributed by atoms with Crippen LogP contribution in [0.3, 0.4) is 0 Å². The summed E-state index contributed by atoms with van der Waals surface area (Å²) in [7, 11) is 0. The number of benzene rings is 1. The zero-order chi connectivity index (χ0) is 19.1. The third-order valence-electron chi connectivity index (χ3n) is 4.97. The monoisotopic (exact) mass is 370 g/mol. The maximum absolute atomic E-state index is 14.7. The van der Waals surface area contributed by atoms with Crippen molar-refractivity contribution in [2.75, 3.05) is 24.6 Å². The number of aryl methyl sites for hydroxylation is 2. The van der Waals surface area contributed by atoms with Crippen molar-refractivity contribution >= 4 is 16.7 Å². The van der Waals surface area contributed by atoms with Crippen LogP contribution in [0.2, 0.25) is 0 Å². The number of nitrogens with zero attached hydrogens (tertiary/aromatic N) is 5. The van der Waals surface area contributed by atoms with E-state index in [1.807, 2.05) is 20.8 Å². The van der Waals surface area contributed by atoms with Gasteiger partial charge < -0.3 is 15.4 Å². The van der Waals surface area contributed by atoms with Gasteiger partial charge in [-0.15, -0.1) is 5.10 Å². The van der Waals surface area contributed by atoms with Crippen molar-refractivity contribution in [3.05, 3.63) is 35.4 Å². The number of aromatic nitrogens is 4. The van der Waals surface area contributed by atoms with Crippen LogP contribution in [0.15, 0.2) is 18.2 Å². The van der Waals surface area contributed by atoms with Gasteiger partial charge in [-0.3, -0.25) is 0 Å². The molecule has 0 bridgehead atoms. The number of fused-ring (bicyclic) bond motifs is 1. The smallest absolute Gasteiger partial charge is 0.179 e. The van der Waals surface area contributed by atoms with Crippen LogP contribution >= 0.6 is 0 Å². The second-order valence-corrected chi connectivity index (χ2v) is 6.87. The fourth-order valence-corrected chi connectivity index (χ4v) is 3.65. The molecule has 1 atom stereocenters. The normalized spacial score (nSPS) is 17.1. The Hall–Kier alpha value is -2.74. The lowest BCUT2D eigenvalue weighted by atomic mass is 10.2. The topological polar surface area (TPSA) is 82.1 Å². The largest absolute Gasteiger partial charge is 0.494 e. The molecule has 1 aliphatic heterocycles. The lowest BCUT2D eigenvalue weighted by Crippen LogP contribution is -2.27. The molecule has 0 amide bonds. The minimum atomic E-state index is -0.389. The van der Waals surface area contributed by atoms with Crippen molar-refractivity contribution in [2.24, 2.45) is 5.73 Å². The second kappa shape index (κ2) is 6.77. The van der Waals surface area contributed by atoms with E-state index in [4.69, 9.17) is 15.6 Å². The lowest BCUT2D eigenvalue weighted by Gasteiger charge is -2.16. The number of rotatable bonds is 4. The molecule has 1 fully saturated rings. The van der Waals surface area contributed by atoms with Crippen LogP contribution in [0.25, 0.3) is 16.6 Å². The highest BCUT2D eigenvalue weighted by atomic mass is 19.1. The van der Waals surface area contributed by atoms with Crippen LogP contribution in [-0.2, 0) is 0 Å². The molecule has 1 saturated heterocycles. The standard InChI is InChI=1S/C19H23FN6O/c1-4-27-14-5-6-16(15(20)9-14)26-12(3)17-11(2)22-23-19(18(17)24-26)25-8-7-13(21)10-25/h5-6,9,13H,4,7-8,10,21H2,1-3H3. The lowest BCUT2D eigenvalue weighted by molar-refractivity contribution is 0.338. The van der Waals surface area contributed by atoms with Crippen LogP contribution in [0.4, 0.5) is 10.2 Å². The minimum absolute atomic E-state index is 0.120. The van der Waals surface area contributed by atoms with Crippen molar-refractivity contribution in [1.29, 1.82) is 0 Å². The first-order valence-corrected chi connectivity index (χ1v) is 9.15. The van der Waals surface area contributed by atoms with E-state index in [2.05, 4.69) is 15.1 Å². The summed E-state index contributed by atoms with van der Waals surface area (Å²) in [5.74, 6) is 0.816. The minimum Gasteiger partial charge on any atom is -0.494 e. The fourth-order valence-electron chi connectivity index (χ4n) is 3.65. The number of nitrogens with two attached hydrogens (primary N) is 1. The summed E-state index contributed by atoms with van der Waals surface area (Å²) in [6.07, 6.45) is 0.907. The van der Waals surface area contributed by atoms with E-state index in [1.54, 1.807) is 16.8 Å². The Kier molecular flexibility index (Phi) is 4.43. The van der Waals surface area contributed by atoms with E-state index in [0.717, 1.165) is 41.8 Å². The highest BCUT2D eigenvalue weighted by molar-refractivity contribution is 5.92. The quantitative estimate of drug-likeness (QED) is 0.760. The molecular formula is C19H23FN6O. The van der Waals surface area contributed by atoms with Crippen LogP contribution in [-0.4, -0.2) is 45.7 Å². The summed E-state index contributed by atoms with van der Waals surface area (Å²) in [5.41, 5.74) is 8.73.